The lowest BCUT2D eigenvalue weighted by Gasteiger charge is -2.32. The number of hydrogen-bond donors (Lipinski definition) is 1. The van der Waals surface area contributed by atoms with Gasteiger partial charge in [-0.15, -0.1) is 0 Å². The fourth-order valence-corrected chi connectivity index (χ4v) is 3.74. The highest BCUT2D eigenvalue weighted by molar-refractivity contribution is 7.89. The summed E-state index contributed by atoms with van der Waals surface area (Å²) in [5.74, 6) is 0.0163. The van der Waals surface area contributed by atoms with Crippen LogP contribution in [0.3, 0.4) is 0 Å². The van der Waals surface area contributed by atoms with Crippen LogP contribution in [0, 0.1) is 17.2 Å². The maximum atomic E-state index is 12.3. The lowest BCUT2D eigenvalue weighted by Crippen LogP contribution is -2.42. The van der Waals surface area contributed by atoms with Crippen molar-refractivity contribution in [3.63, 3.8) is 0 Å². The van der Waals surface area contributed by atoms with Gasteiger partial charge in [-0.05, 0) is 56.1 Å². The number of nitrogens with one attached hydrogen (secondary N) is 1. The van der Waals surface area contributed by atoms with Crippen molar-refractivity contribution in [3.8, 4) is 6.07 Å². The lowest BCUT2D eigenvalue weighted by atomic mass is 9.97. The summed E-state index contributed by atoms with van der Waals surface area (Å²) in [6, 6.07) is 7.46. The van der Waals surface area contributed by atoms with Crippen molar-refractivity contribution in [2.45, 2.75) is 23.9 Å². The van der Waals surface area contributed by atoms with Crippen LogP contribution in [0.15, 0.2) is 29.2 Å². The number of likely N-dealkylation sites (tertiary alicyclic amines) is 1. The second-order valence-electron chi connectivity index (χ2n) is 5.82. The maximum Gasteiger partial charge on any atom is 0.401 e. The molecule has 5 nitrogen and oxygen atoms in total. The third-order valence-electron chi connectivity index (χ3n) is 3.97. The predicted molar refractivity (Wildman–Crippen MR) is 81.6 cm³/mol. The molecule has 1 aromatic carbocycles. The van der Waals surface area contributed by atoms with Crippen LogP contribution in [0.25, 0.3) is 0 Å². The molecule has 1 aliphatic heterocycles. The van der Waals surface area contributed by atoms with Crippen molar-refractivity contribution >= 4 is 10.0 Å². The van der Waals surface area contributed by atoms with Gasteiger partial charge in [-0.2, -0.15) is 18.4 Å². The number of sulfonamides is 1. The Labute approximate surface area is 139 Å². The van der Waals surface area contributed by atoms with Crippen molar-refractivity contribution < 1.29 is 21.6 Å². The molecule has 1 heterocycles. The molecular formula is C15H18F3N3O2S. The van der Waals surface area contributed by atoms with E-state index >= 15 is 0 Å². The summed E-state index contributed by atoms with van der Waals surface area (Å²) in [7, 11) is -3.68. The van der Waals surface area contributed by atoms with Crippen LogP contribution in [0.5, 0.6) is 0 Å². The summed E-state index contributed by atoms with van der Waals surface area (Å²) in [6.45, 7) is -0.107. The Bertz CT molecular complexity index is 688. The molecule has 0 aromatic heterocycles. The molecule has 0 amide bonds. The molecule has 1 aromatic rings. The van der Waals surface area contributed by atoms with Gasteiger partial charge in [0.2, 0.25) is 10.0 Å². The zero-order valence-corrected chi connectivity index (χ0v) is 13.7. The van der Waals surface area contributed by atoms with Gasteiger partial charge in [0.1, 0.15) is 0 Å². The van der Waals surface area contributed by atoms with Gasteiger partial charge in [0.25, 0.3) is 0 Å². The van der Waals surface area contributed by atoms with Crippen LogP contribution < -0.4 is 4.72 Å². The maximum absolute atomic E-state index is 12.3. The summed E-state index contributed by atoms with van der Waals surface area (Å²) >= 11 is 0. The Morgan fingerprint density at radius 3 is 2.29 bits per heavy atom. The number of hydrogen-bond acceptors (Lipinski definition) is 4. The third-order valence-corrected chi connectivity index (χ3v) is 5.41. The molecule has 0 unspecified atom stereocenters. The molecule has 0 aliphatic carbocycles. The Morgan fingerprint density at radius 2 is 1.79 bits per heavy atom. The van der Waals surface area contributed by atoms with E-state index in [-0.39, 0.29) is 17.4 Å². The standard InChI is InChI=1S/C15H18F3N3O2S/c16-15(17,18)11-21-7-5-13(6-8-21)10-20-24(22,23)14-3-1-12(9-19)2-4-14/h1-4,13,20H,5-8,10-11H2. The quantitative estimate of drug-likeness (QED) is 0.872. The third kappa shape index (κ3) is 5.47. The molecule has 24 heavy (non-hydrogen) atoms. The first-order chi connectivity index (χ1) is 11.2. The van der Waals surface area contributed by atoms with E-state index in [1.807, 2.05) is 6.07 Å². The summed E-state index contributed by atoms with van der Waals surface area (Å²) in [5, 5.41) is 8.71. The Balaban J connectivity index is 1.84. The predicted octanol–water partition coefficient (Wildman–Crippen LogP) is 2.11. The molecule has 1 aliphatic rings. The Morgan fingerprint density at radius 1 is 1.21 bits per heavy atom. The van der Waals surface area contributed by atoms with Crippen LogP contribution in [0.4, 0.5) is 13.2 Å². The monoisotopic (exact) mass is 361 g/mol. The first-order valence-electron chi connectivity index (χ1n) is 7.48. The van der Waals surface area contributed by atoms with Gasteiger partial charge in [-0.25, -0.2) is 13.1 Å². The first kappa shape index (κ1) is 18.7. The minimum atomic E-state index is -4.20. The SMILES string of the molecule is N#Cc1ccc(S(=O)(=O)NCC2CCN(CC(F)(F)F)CC2)cc1. The van der Waals surface area contributed by atoms with Crippen LogP contribution in [-0.4, -0.2) is 45.7 Å². The van der Waals surface area contributed by atoms with Gasteiger partial charge >= 0.3 is 6.18 Å². The number of halogens is 3. The van der Waals surface area contributed by atoms with Gasteiger partial charge < -0.3 is 0 Å². The zero-order chi connectivity index (χ0) is 17.8. The molecule has 0 saturated carbocycles. The van der Waals surface area contributed by atoms with E-state index in [0.717, 1.165) is 0 Å². The smallest absolute Gasteiger partial charge is 0.295 e. The highest BCUT2D eigenvalue weighted by Gasteiger charge is 2.32. The molecule has 1 N–H and O–H groups in total. The molecule has 1 fully saturated rings. The van der Waals surface area contributed by atoms with E-state index in [1.165, 1.54) is 29.2 Å². The summed E-state index contributed by atoms with van der Waals surface area (Å²) in [4.78, 5) is 1.40. The fourth-order valence-electron chi connectivity index (χ4n) is 2.62. The first-order valence-corrected chi connectivity index (χ1v) is 8.97. The zero-order valence-electron chi connectivity index (χ0n) is 12.9. The van der Waals surface area contributed by atoms with E-state index in [4.69, 9.17) is 5.26 Å². The average Bonchev–Trinajstić information content (AvgIpc) is 2.53. The molecule has 1 saturated heterocycles. The van der Waals surface area contributed by atoms with Crippen LogP contribution in [0.1, 0.15) is 18.4 Å². The highest BCUT2D eigenvalue weighted by atomic mass is 32.2. The van der Waals surface area contributed by atoms with E-state index in [9.17, 15) is 21.6 Å². The Kier molecular flexibility index (Phi) is 5.85. The van der Waals surface area contributed by atoms with Crippen LogP contribution >= 0.6 is 0 Å². The van der Waals surface area contributed by atoms with Crippen molar-refractivity contribution in [1.29, 1.82) is 5.26 Å². The lowest BCUT2D eigenvalue weighted by molar-refractivity contribution is -0.148. The van der Waals surface area contributed by atoms with Gasteiger partial charge in [0, 0.05) is 6.54 Å². The van der Waals surface area contributed by atoms with E-state index in [2.05, 4.69) is 4.72 Å². The molecule has 0 spiro atoms. The minimum Gasteiger partial charge on any atom is -0.295 e. The van der Waals surface area contributed by atoms with Crippen molar-refractivity contribution in [3.05, 3.63) is 29.8 Å². The van der Waals surface area contributed by atoms with E-state index < -0.39 is 22.7 Å². The number of nitrogens with zero attached hydrogens (tertiary/aromatic N) is 2. The highest BCUT2D eigenvalue weighted by Crippen LogP contribution is 2.22. The number of benzene rings is 1. The summed E-state index contributed by atoms with van der Waals surface area (Å²) in [6.07, 6.45) is -3.16. The van der Waals surface area contributed by atoms with Crippen molar-refractivity contribution in [2.75, 3.05) is 26.2 Å². The van der Waals surface area contributed by atoms with Crippen LogP contribution in [0.2, 0.25) is 0 Å². The second kappa shape index (κ2) is 7.51. The molecule has 132 valence electrons. The van der Waals surface area contributed by atoms with E-state index in [1.54, 1.807) is 0 Å². The Hall–Kier alpha value is -1.63. The van der Waals surface area contributed by atoms with Gasteiger partial charge in [0.05, 0.1) is 23.1 Å². The number of rotatable bonds is 5. The minimum absolute atomic E-state index is 0.0163. The topological polar surface area (TPSA) is 73.2 Å². The largest absolute Gasteiger partial charge is 0.401 e. The van der Waals surface area contributed by atoms with Crippen molar-refractivity contribution in [1.82, 2.24) is 9.62 Å². The van der Waals surface area contributed by atoms with Crippen LogP contribution in [-0.2, 0) is 10.0 Å². The fraction of sp³-hybridized carbons (Fsp3) is 0.533. The molecule has 9 heteroatoms. The normalized spacial score (nSPS) is 17.6. The van der Waals surface area contributed by atoms with Gasteiger partial charge in [-0.1, -0.05) is 0 Å². The summed E-state index contributed by atoms with van der Waals surface area (Å²) in [5.41, 5.74) is 0.367. The molecule has 0 atom stereocenters. The molecule has 0 bridgehead atoms. The number of nitriles is 1. The van der Waals surface area contributed by atoms with Crippen molar-refractivity contribution in [2.24, 2.45) is 5.92 Å². The second-order valence-corrected chi connectivity index (χ2v) is 7.59. The van der Waals surface area contributed by atoms with Gasteiger partial charge in [-0.3, -0.25) is 4.90 Å². The van der Waals surface area contributed by atoms with E-state index in [0.29, 0.717) is 31.5 Å². The average molecular weight is 361 g/mol. The van der Waals surface area contributed by atoms with Gasteiger partial charge in [0.15, 0.2) is 0 Å². The molecular weight excluding hydrogens is 343 g/mol. The number of alkyl halides is 3. The number of piperidine rings is 1. The molecule has 0 radical (unpaired) electrons. The molecule has 2 rings (SSSR count). The summed E-state index contributed by atoms with van der Waals surface area (Å²) < 4.78 is 63.8.